The van der Waals surface area contributed by atoms with Crippen molar-refractivity contribution in [2.45, 2.75) is 25.3 Å². The fourth-order valence-corrected chi connectivity index (χ4v) is 2.40. The number of hydrogen-bond acceptors (Lipinski definition) is 5. The van der Waals surface area contributed by atoms with Crippen molar-refractivity contribution in [1.29, 1.82) is 0 Å². The van der Waals surface area contributed by atoms with E-state index in [1.54, 1.807) is 24.3 Å². The maximum absolute atomic E-state index is 11.9. The largest absolute Gasteiger partial charge is 0.468 e. The Labute approximate surface area is 146 Å². The van der Waals surface area contributed by atoms with E-state index in [-0.39, 0.29) is 36.8 Å². The number of anilines is 1. The summed E-state index contributed by atoms with van der Waals surface area (Å²) in [5.41, 5.74) is 1.04. The fourth-order valence-electron chi connectivity index (χ4n) is 2.40. The van der Waals surface area contributed by atoms with Crippen LogP contribution in [0.4, 0.5) is 5.69 Å². The number of halogens is 1. The Morgan fingerprint density at radius 1 is 1.25 bits per heavy atom. The molecule has 1 aromatic rings. The first-order valence-electron chi connectivity index (χ1n) is 7.57. The number of amides is 2. The third-order valence-electron chi connectivity index (χ3n) is 3.65. The second kappa shape index (κ2) is 9.89. The highest BCUT2D eigenvalue weighted by Gasteiger charge is 2.17. The van der Waals surface area contributed by atoms with Crippen molar-refractivity contribution in [2.75, 3.05) is 25.5 Å². The Morgan fingerprint density at radius 2 is 1.96 bits per heavy atom. The molecule has 1 heterocycles. The molecule has 0 bridgehead atoms. The Hall–Kier alpha value is -2.12. The van der Waals surface area contributed by atoms with Crippen LogP contribution < -0.4 is 16.0 Å². The Bertz CT molecular complexity index is 571. The lowest BCUT2D eigenvalue weighted by Gasteiger charge is -2.11. The summed E-state index contributed by atoms with van der Waals surface area (Å²) in [7, 11) is 1.26. The van der Waals surface area contributed by atoms with E-state index < -0.39 is 5.97 Å². The highest BCUT2D eigenvalue weighted by atomic mass is 35.5. The van der Waals surface area contributed by atoms with Crippen LogP contribution in [0.15, 0.2) is 24.3 Å². The Balaban J connectivity index is 0.00000288. The minimum atomic E-state index is -0.511. The summed E-state index contributed by atoms with van der Waals surface area (Å²) >= 11 is 0. The zero-order valence-corrected chi connectivity index (χ0v) is 14.3. The van der Waals surface area contributed by atoms with Gasteiger partial charge in [-0.25, -0.2) is 0 Å². The van der Waals surface area contributed by atoms with Crippen LogP contribution >= 0.6 is 12.4 Å². The van der Waals surface area contributed by atoms with Gasteiger partial charge in [-0.15, -0.1) is 12.4 Å². The van der Waals surface area contributed by atoms with E-state index in [1.807, 2.05) is 0 Å². The molecule has 0 aromatic heterocycles. The minimum absolute atomic E-state index is 0. The molecule has 0 spiro atoms. The zero-order valence-electron chi connectivity index (χ0n) is 13.5. The molecule has 2 rings (SSSR count). The van der Waals surface area contributed by atoms with Crippen molar-refractivity contribution < 1.29 is 19.1 Å². The normalized spacial score (nSPS) is 16.0. The van der Waals surface area contributed by atoms with Crippen molar-refractivity contribution in [3.63, 3.8) is 0 Å². The van der Waals surface area contributed by atoms with E-state index in [0.29, 0.717) is 17.7 Å². The lowest BCUT2D eigenvalue weighted by atomic mass is 10.1. The summed E-state index contributed by atoms with van der Waals surface area (Å²) in [6, 6.07) is 6.75. The number of rotatable bonds is 6. The molecular formula is C16H22ClN3O4. The molecule has 0 radical (unpaired) electrons. The molecular weight excluding hydrogens is 334 g/mol. The Kier molecular flexibility index (Phi) is 8.21. The second-order valence-corrected chi connectivity index (χ2v) is 5.38. The molecule has 132 valence electrons. The van der Waals surface area contributed by atoms with Gasteiger partial charge >= 0.3 is 5.97 Å². The predicted octanol–water partition coefficient (Wildman–Crippen LogP) is 1.09. The van der Waals surface area contributed by atoms with E-state index >= 15 is 0 Å². The standard InChI is InChI=1S/C16H21N3O4.ClH/c1-23-15(21)10-18-16(22)11-4-6-12(7-5-11)19-14(20)9-13-3-2-8-17-13;/h4-7,13,17H,2-3,8-10H2,1H3,(H,18,22)(H,19,20);1H. The second-order valence-electron chi connectivity index (χ2n) is 5.38. The van der Waals surface area contributed by atoms with Crippen LogP contribution in [0.2, 0.25) is 0 Å². The van der Waals surface area contributed by atoms with Gasteiger partial charge in [0.1, 0.15) is 6.54 Å². The first-order valence-corrected chi connectivity index (χ1v) is 7.57. The van der Waals surface area contributed by atoms with Gasteiger partial charge in [-0.3, -0.25) is 14.4 Å². The van der Waals surface area contributed by atoms with Crippen molar-refractivity contribution in [3.05, 3.63) is 29.8 Å². The molecule has 1 fully saturated rings. The molecule has 2 amide bonds. The molecule has 1 unspecified atom stereocenters. The lowest BCUT2D eigenvalue weighted by molar-refractivity contribution is -0.139. The van der Waals surface area contributed by atoms with Gasteiger partial charge in [0.05, 0.1) is 7.11 Å². The molecule has 1 aliphatic heterocycles. The molecule has 7 nitrogen and oxygen atoms in total. The number of methoxy groups -OCH3 is 1. The molecule has 1 atom stereocenters. The van der Waals surface area contributed by atoms with Gasteiger partial charge in [0.2, 0.25) is 5.91 Å². The van der Waals surface area contributed by atoms with Crippen LogP contribution in [-0.4, -0.2) is 44.0 Å². The van der Waals surface area contributed by atoms with Gasteiger partial charge in [0, 0.05) is 23.7 Å². The van der Waals surface area contributed by atoms with E-state index in [1.165, 1.54) is 7.11 Å². The summed E-state index contributed by atoms with van der Waals surface area (Å²) in [5, 5.41) is 8.53. The summed E-state index contributed by atoms with van der Waals surface area (Å²) in [5.74, 6) is -0.932. The van der Waals surface area contributed by atoms with Gasteiger partial charge in [0.25, 0.3) is 5.91 Å². The van der Waals surface area contributed by atoms with Crippen molar-refractivity contribution in [2.24, 2.45) is 0 Å². The minimum Gasteiger partial charge on any atom is -0.468 e. The smallest absolute Gasteiger partial charge is 0.325 e. The lowest BCUT2D eigenvalue weighted by Crippen LogP contribution is -2.30. The van der Waals surface area contributed by atoms with E-state index in [4.69, 9.17) is 0 Å². The van der Waals surface area contributed by atoms with Crippen LogP contribution in [0.3, 0.4) is 0 Å². The van der Waals surface area contributed by atoms with Gasteiger partial charge < -0.3 is 20.7 Å². The van der Waals surface area contributed by atoms with Crippen molar-refractivity contribution in [1.82, 2.24) is 10.6 Å². The third-order valence-corrected chi connectivity index (χ3v) is 3.65. The van der Waals surface area contributed by atoms with Crippen LogP contribution in [-0.2, 0) is 14.3 Å². The molecule has 3 N–H and O–H groups in total. The van der Waals surface area contributed by atoms with E-state index in [2.05, 4.69) is 20.7 Å². The van der Waals surface area contributed by atoms with Gasteiger partial charge in [0.15, 0.2) is 0 Å². The summed E-state index contributed by atoms with van der Waals surface area (Å²) in [6.07, 6.45) is 2.57. The molecule has 0 aliphatic carbocycles. The number of carbonyl (C=O) groups excluding carboxylic acids is 3. The number of benzene rings is 1. The molecule has 1 aromatic carbocycles. The predicted molar refractivity (Wildman–Crippen MR) is 92.3 cm³/mol. The summed E-state index contributed by atoms with van der Waals surface area (Å²) in [6.45, 7) is 0.787. The summed E-state index contributed by atoms with van der Waals surface area (Å²) < 4.78 is 4.45. The first kappa shape index (κ1) is 19.9. The first-order chi connectivity index (χ1) is 11.1. The van der Waals surface area contributed by atoms with Gasteiger partial charge in [-0.2, -0.15) is 0 Å². The Morgan fingerprint density at radius 3 is 2.54 bits per heavy atom. The van der Waals surface area contributed by atoms with Gasteiger partial charge in [-0.05, 0) is 43.7 Å². The summed E-state index contributed by atoms with van der Waals surface area (Å²) in [4.78, 5) is 34.7. The number of nitrogens with one attached hydrogen (secondary N) is 3. The van der Waals surface area contributed by atoms with Crippen molar-refractivity contribution in [3.8, 4) is 0 Å². The van der Waals surface area contributed by atoms with E-state index in [0.717, 1.165) is 19.4 Å². The molecule has 24 heavy (non-hydrogen) atoms. The maximum Gasteiger partial charge on any atom is 0.325 e. The van der Waals surface area contributed by atoms with Crippen LogP contribution in [0.25, 0.3) is 0 Å². The topological polar surface area (TPSA) is 96.5 Å². The molecule has 1 aliphatic rings. The number of ether oxygens (including phenoxy) is 1. The monoisotopic (exact) mass is 355 g/mol. The fraction of sp³-hybridized carbons (Fsp3) is 0.438. The maximum atomic E-state index is 11.9. The van der Waals surface area contributed by atoms with E-state index in [9.17, 15) is 14.4 Å². The molecule has 0 saturated carbocycles. The zero-order chi connectivity index (χ0) is 16.7. The van der Waals surface area contributed by atoms with Crippen molar-refractivity contribution >= 4 is 35.9 Å². The van der Waals surface area contributed by atoms with Crippen LogP contribution in [0.5, 0.6) is 0 Å². The average Bonchev–Trinajstić information content (AvgIpc) is 3.05. The molecule has 1 saturated heterocycles. The number of esters is 1. The average molecular weight is 356 g/mol. The van der Waals surface area contributed by atoms with Crippen LogP contribution in [0.1, 0.15) is 29.6 Å². The quantitative estimate of drug-likeness (QED) is 0.664. The SMILES string of the molecule is COC(=O)CNC(=O)c1ccc(NC(=O)CC2CCCN2)cc1.Cl. The molecule has 8 heteroatoms. The highest BCUT2D eigenvalue weighted by Crippen LogP contribution is 2.13. The number of hydrogen-bond donors (Lipinski definition) is 3. The highest BCUT2D eigenvalue weighted by molar-refractivity contribution is 5.97. The van der Waals surface area contributed by atoms with Gasteiger partial charge in [-0.1, -0.05) is 0 Å². The van der Waals surface area contributed by atoms with Crippen LogP contribution in [0, 0.1) is 0 Å². The number of carbonyl (C=O) groups is 3. The third kappa shape index (κ3) is 6.17.